The van der Waals surface area contributed by atoms with Crippen LogP contribution in [0.4, 0.5) is 0 Å². The fourth-order valence-corrected chi connectivity index (χ4v) is 1.95. The van der Waals surface area contributed by atoms with Gasteiger partial charge in [0.25, 0.3) is 0 Å². The van der Waals surface area contributed by atoms with Gasteiger partial charge in [-0.15, -0.1) is 11.6 Å². The number of carbonyl (C=O) groups excluding carboxylic acids is 1. The number of hydrogen-bond acceptors (Lipinski definition) is 2. The SMILES string of the molecule is CC(=O)C(Cl)c1ccc(I)cc1CO. The molecule has 0 saturated carbocycles. The first kappa shape index (κ1) is 11.9. The molecule has 0 fully saturated rings. The van der Waals surface area contributed by atoms with Crippen molar-refractivity contribution in [1.29, 1.82) is 0 Å². The predicted octanol–water partition coefficient (Wildman–Crippen LogP) is 2.65. The van der Waals surface area contributed by atoms with E-state index in [2.05, 4.69) is 22.6 Å². The number of alkyl halides is 1. The van der Waals surface area contributed by atoms with E-state index >= 15 is 0 Å². The third kappa shape index (κ3) is 2.68. The first-order valence-corrected chi connectivity index (χ1v) is 5.61. The van der Waals surface area contributed by atoms with Gasteiger partial charge in [-0.1, -0.05) is 6.07 Å². The zero-order valence-corrected chi connectivity index (χ0v) is 10.5. The monoisotopic (exact) mass is 324 g/mol. The highest BCUT2D eigenvalue weighted by molar-refractivity contribution is 14.1. The molecule has 76 valence electrons. The van der Waals surface area contributed by atoms with Crippen LogP contribution in [0, 0.1) is 3.57 Å². The summed E-state index contributed by atoms with van der Waals surface area (Å²) < 4.78 is 1.02. The summed E-state index contributed by atoms with van der Waals surface area (Å²) in [6.45, 7) is 1.35. The number of hydrogen-bond donors (Lipinski definition) is 1. The van der Waals surface area contributed by atoms with E-state index in [0.29, 0.717) is 11.1 Å². The first-order valence-electron chi connectivity index (χ1n) is 4.10. The van der Waals surface area contributed by atoms with Crippen LogP contribution >= 0.6 is 34.2 Å². The molecule has 1 unspecified atom stereocenters. The summed E-state index contributed by atoms with van der Waals surface area (Å²) in [4.78, 5) is 11.1. The minimum atomic E-state index is -0.658. The van der Waals surface area contributed by atoms with Crippen LogP contribution in [0.25, 0.3) is 0 Å². The van der Waals surface area contributed by atoms with Crippen molar-refractivity contribution in [3.05, 3.63) is 32.9 Å². The predicted molar refractivity (Wildman–Crippen MR) is 64.4 cm³/mol. The Hall–Kier alpha value is -0.130. The van der Waals surface area contributed by atoms with Gasteiger partial charge in [0.2, 0.25) is 0 Å². The highest BCUT2D eigenvalue weighted by atomic mass is 127. The smallest absolute Gasteiger partial charge is 0.152 e. The number of Topliss-reactive ketones (excluding diaryl/α,β-unsaturated/α-hetero) is 1. The third-order valence-electron chi connectivity index (χ3n) is 1.91. The van der Waals surface area contributed by atoms with Gasteiger partial charge < -0.3 is 5.11 Å². The van der Waals surface area contributed by atoms with E-state index in [9.17, 15) is 4.79 Å². The topological polar surface area (TPSA) is 37.3 Å². The van der Waals surface area contributed by atoms with Gasteiger partial charge >= 0.3 is 0 Å². The lowest BCUT2D eigenvalue weighted by Gasteiger charge is -2.11. The molecule has 1 rings (SSSR count). The van der Waals surface area contributed by atoms with Gasteiger partial charge in [-0.05, 0) is 52.8 Å². The van der Waals surface area contributed by atoms with Gasteiger partial charge in [-0.3, -0.25) is 4.79 Å². The van der Waals surface area contributed by atoms with Crippen molar-refractivity contribution in [1.82, 2.24) is 0 Å². The lowest BCUT2D eigenvalue weighted by atomic mass is 10.0. The summed E-state index contributed by atoms with van der Waals surface area (Å²) >= 11 is 8.06. The van der Waals surface area contributed by atoms with Crippen LogP contribution in [0.15, 0.2) is 18.2 Å². The van der Waals surface area contributed by atoms with Crippen LogP contribution < -0.4 is 0 Å². The van der Waals surface area contributed by atoms with Crippen LogP contribution in [-0.4, -0.2) is 10.9 Å². The Balaban J connectivity index is 3.13. The molecule has 1 aromatic carbocycles. The van der Waals surface area contributed by atoms with Crippen LogP contribution in [-0.2, 0) is 11.4 Å². The molecular formula is C10H10ClIO2. The van der Waals surface area contributed by atoms with Crippen molar-refractivity contribution in [3.8, 4) is 0 Å². The molecule has 0 aliphatic heterocycles. The molecule has 0 bridgehead atoms. The number of aliphatic hydroxyl groups is 1. The molecule has 0 saturated heterocycles. The Morgan fingerprint density at radius 3 is 2.79 bits per heavy atom. The molecule has 0 radical (unpaired) electrons. The molecule has 2 nitrogen and oxygen atoms in total. The van der Waals surface area contributed by atoms with E-state index in [1.807, 2.05) is 12.1 Å². The molecule has 4 heteroatoms. The fraction of sp³-hybridized carbons (Fsp3) is 0.300. The minimum Gasteiger partial charge on any atom is -0.392 e. The zero-order chi connectivity index (χ0) is 10.7. The molecule has 1 aromatic rings. The zero-order valence-electron chi connectivity index (χ0n) is 7.63. The summed E-state index contributed by atoms with van der Waals surface area (Å²) in [6.07, 6.45) is 0. The summed E-state index contributed by atoms with van der Waals surface area (Å²) in [5.41, 5.74) is 1.41. The number of carbonyl (C=O) groups is 1. The summed E-state index contributed by atoms with van der Waals surface area (Å²) in [5, 5.41) is 8.44. The average molecular weight is 325 g/mol. The number of rotatable bonds is 3. The van der Waals surface area contributed by atoms with Crippen molar-refractivity contribution >= 4 is 40.0 Å². The van der Waals surface area contributed by atoms with Crippen molar-refractivity contribution in [2.45, 2.75) is 18.9 Å². The second-order valence-electron chi connectivity index (χ2n) is 2.97. The molecule has 0 heterocycles. The van der Waals surface area contributed by atoms with E-state index in [1.54, 1.807) is 6.07 Å². The van der Waals surface area contributed by atoms with E-state index in [-0.39, 0.29) is 12.4 Å². The lowest BCUT2D eigenvalue weighted by molar-refractivity contribution is -0.116. The highest BCUT2D eigenvalue weighted by Crippen LogP contribution is 2.26. The lowest BCUT2D eigenvalue weighted by Crippen LogP contribution is -2.05. The first-order chi connectivity index (χ1) is 6.56. The van der Waals surface area contributed by atoms with Crippen LogP contribution in [0.1, 0.15) is 23.4 Å². The van der Waals surface area contributed by atoms with Gasteiger partial charge in [0.05, 0.1) is 6.61 Å². The number of ketones is 1. The van der Waals surface area contributed by atoms with E-state index in [1.165, 1.54) is 6.92 Å². The Labute approximate surface area is 101 Å². The number of benzene rings is 1. The molecular weight excluding hydrogens is 314 g/mol. The summed E-state index contributed by atoms with van der Waals surface area (Å²) in [5.74, 6) is -0.109. The second kappa shape index (κ2) is 5.09. The maximum Gasteiger partial charge on any atom is 0.152 e. The molecule has 14 heavy (non-hydrogen) atoms. The third-order valence-corrected chi connectivity index (χ3v) is 3.12. The van der Waals surface area contributed by atoms with Gasteiger partial charge in [0.15, 0.2) is 5.78 Å². The Kier molecular flexibility index (Phi) is 4.34. The highest BCUT2D eigenvalue weighted by Gasteiger charge is 2.16. The minimum absolute atomic E-state index is 0.0946. The Morgan fingerprint density at radius 1 is 1.64 bits per heavy atom. The van der Waals surface area contributed by atoms with Crippen LogP contribution in [0.3, 0.4) is 0 Å². The summed E-state index contributed by atoms with van der Waals surface area (Å²) in [6, 6.07) is 5.48. The summed E-state index contributed by atoms with van der Waals surface area (Å²) in [7, 11) is 0. The largest absolute Gasteiger partial charge is 0.392 e. The van der Waals surface area contributed by atoms with Gasteiger partial charge in [-0.2, -0.15) is 0 Å². The molecule has 0 aliphatic carbocycles. The van der Waals surface area contributed by atoms with E-state index in [0.717, 1.165) is 3.57 Å². The van der Waals surface area contributed by atoms with E-state index in [4.69, 9.17) is 16.7 Å². The normalized spacial score (nSPS) is 12.6. The molecule has 0 spiro atoms. The number of halogens is 2. The second-order valence-corrected chi connectivity index (χ2v) is 4.66. The van der Waals surface area contributed by atoms with Gasteiger partial charge in [0, 0.05) is 3.57 Å². The molecule has 0 amide bonds. The Morgan fingerprint density at radius 2 is 2.29 bits per heavy atom. The maximum atomic E-state index is 11.1. The average Bonchev–Trinajstić information content (AvgIpc) is 2.16. The van der Waals surface area contributed by atoms with Gasteiger partial charge in [-0.25, -0.2) is 0 Å². The van der Waals surface area contributed by atoms with Crippen molar-refractivity contribution in [2.75, 3.05) is 0 Å². The van der Waals surface area contributed by atoms with Crippen LogP contribution in [0.2, 0.25) is 0 Å². The Bertz CT molecular complexity index is 352. The van der Waals surface area contributed by atoms with E-state index < -0.39 is 5.38 Å². The molecule has 0 aliphatic rings. The van der Waals surface area contributed by atoms with Crippen LogP contribution in [0.5, 0.6) is 0 Å². The molecule has 1 atom stereocenters. The molecule has 1 N–H and O–H groups in total. The maximum absolute atomic E-state index is 11.1. The van der Waals surface area contributed by atoms with Crippen molar-refractivity contribution < 1.29 is 9.90 Å². The van der Waals surface area contributed by atoms with Crippen molar-refractivity contribution in [2.24, 2.45) is 0 Å². The standard InChI is InChI=1S/C10H10ClIO2/c1-6(14)10(11)9-3-2-8(12)4-7(9)5-13/h2-4,10,13H,5H2,1H3. The van der Waals surface area contributed by atoms with Crippen molar-refractivity contribution in [3.63, 3.8) is 0 Å². The number of aliphatic hydroxyl groups excluding tert-OH is 1. The van der Waals surface area contributed by atoms with Gasteiger partial charge in [0.1, 0.15) is 5.38 Å². The fourth-order valence-electron chi connectivity index (χ4n) is 1.18. The quantitative estimate of drug-likeness (QED) is 0.685. The molecule has 0 aromatic heterocycles.